The highest BCUT2D eigenvalue weighted by Crippen LogP contribution is 2.18. The second kappa shape index (κ2) is 6.35. The van der Waals surface area contributed by atoms with E-state index >= 15 is 0 Å². The van der Waals surface area contributed by atoms with Crippen molar-refractivity contribution in [3.8, 4) is 5.75 Å². The topological polar surface area (TPSA) is 125 Å². The third-order valence-corrected chi connectivity index (χ3v) is 2.73. The minimum atomic E-state index is -1.12. The molecule has 8 heteroatoms. The first-order chi connectivity index (χ1) is 10.5. The van der Waals surface area contributed by atoms with Gasteiger partial charge in [0, 0.05) is 17.7 Å². The molecule has 0 atom stereocenters. The van der Waals surface area contributed by atoms with Crippen molar-refractivity contribution in [3.05, 3.63) is 63.7 Å². The van der Waals surface area contributed by atoms with Crippen LogP contribution in [0.5, 0.6) is 5.75 Å². The number of aromatic carboxylic acids is 1. The van der Waals surface area contributed by atoms with Crippen LogP contribution in [0.2, 0.25) is 0 Å². The first kappa shape index (κ1) is 15.0. The van der Waals surface area contributed by atoms with Crippen LogP contribution in [0.1, 0.15) is 15.9 Å². The molecule has 0 radical (unpaired) electrons. The van der Waals surface area contributed by atoms with Gasteiger partial charge in [0.2, 0.25) is 0 Å². The second-order valence-electron chi connectivity index (χ2n) is 4.26. The number of non-ortho nitro benzene ring substituents is 1. The van der Waals surface area contributed by atoms with Crippen LogP contribution in [-0.4, -0.2) is 27.3 Å². The summed E-state index contributed by atoms with van der Waals surface area (Å²) >= 11 is 0. The van der Waals surface area contributed by atoms with E-state index in [1.807, 2.05) is 0 Å². The summed E-state index contributed by atoms with van der Waals surface area (Å²) in [6.07, 6.45) is 1.22. The Kier molecular flexibility index (Phi) is 4.33. The Morgan fingerprint density at radius 3 is 2.73 bits per heavy atom. The quantitative estimate of drug-likeness (QED) is 0.442. The summed E-state index contributed by atoms with van der Waals surface area (Å²) in [5, 5.41) is 33.0. The van der Waals surface area contributed by atoms with Crippen LogP contribution in [0.4, 0.5) is 11.4 Å². The molecule has 3 N–H and O–H groups in total. The predicted octanol–water partition coefficient (Wildman–Crippen LogP) is 2.44. The molecule has 0 heterocycles. The van der Waals surface area contributed by atoms with Crippen LogP contribution < -0.4 is 5.43 Å². The van der Waals surface area contributed by atoms with Gasteiger partial charge >= 0.3 is 5.97 Å². The molecule has 2 aromatic carbocycles. The summed E-state index contributed by atoms with van der Waals surface area (Å²) in [7, 11) is 0. The van der Waals surface area contributed by atoms with E-state index in [2.05, 4.69) is 10.5 Å². The third kappa shape index (κ3) is 3.57. The molecular formula is C14H11N3O5. The molecule has 2 rings (SSSR count). The van der Waals surface area contributed by atoms with E-state index < -0.39 is 10.9 Å². The number of aromatic hydroxyl groups is 1. The summed E-state index contributed by atoms with van der Waals surface area (Å²) in [6.45, 7) is 0. The number of hydrazone groups is 1. The van der Waals surface area contributed by atoms with E-state index in [4.69, 9.17) is 5.11 Å². The SMILES string of the molecule is O=C(O)c1ccc(O)c(/C=N/Nc2cccc([N+](=O)[O-])c2)c1. The van der Waals surface area contributed by atoms with Gasteiger partial charge in [0.1, 0.15) is 5.75 Å². The molecule has 0 aliphatic carbocycles. The standard InChI is InChI=1S/C14H11N3O5/c18-13-5-4-9(14(19)20)6-10(13)8-15-16-11-2-1-3-12(7-11)17(21)22/h1-8,16,18H,(H,19,20)/b15-8+. The molecular weight excluding hydrogens is 290 g/mol. The molecule has 0 spiro atoms. The molecule has 0 aromatic heterocycles. The Labute approximate surface area is 124 Å². The smallest absolute Gasteiger partial charge is 0.335 e. The van der Waals surface area contributed by atoms with Crippen molar-refractivity contribution >= 4 is 23.6 Å². The number of nitrogens with one attached hydrogen (secondary N) is 1. The molecule has 0 saturated carbocycles. The van der Waals surface area contributed by atoms with Crippen molar-refractivity contribution in [2.45, 2.75) is 0 Å². The van der Waals surface area contributed by atoms with Gasteiger partial charge in [-0.2, -0.15) is 5.10 Å². The Hall–Kier alpha value is -3.42. The van der Waals surface area contributed by atoms with Crippen LogP contribution in [-0.2, 0) is 0 Å². The number of hydrogen-bond acceptors (Lipinski definition) is 6. The van der Waals surface area contributed by atoms with Crippen molar-refractivity contribution in [2.75, 3.05) is 5.43 Å². The molecule has 22 heavy (non-hydrogen) atoms. The predicted molar refractivity (Wildman–Crippen MR) is 79.4 cm³/mol. The lowest BCUT2D eigenvalue weighted by atomic mass is 10.1. The molecule has 0 saturated heterocycles. The maximum Gasteiger partial charge on any atom is 0.335 e. The number of carboxylic acid groups (broad SMARTS) is 1. The van der Waals surface area contributed by atoms with E-state index in [-0.39, 0.29) is 22.6 Å². The molecule has 0 aliphatic rings. The van der Waals surface area contributed by atoms with Crippen molar-refractivity contribution in [1.82, 2.24) is 0 Å². The normalized spacial score (nSPS) is 10.5. The van der Waals surface area contributed by atoms with Gasteiger partial charge in [-0.3, -0.25) is 15.5 Å². The largest absolute Gasteiger partial charge is 0.507 e. The van der Waals surface area contributed by atoms with Crippen molar-refractivity contribution in [1.29, 1.82) is 0 Å². The lowest BCUT2D eigenvalue weighted by Gasteiger charge is -2.02. The zero-order valence-electron chi connectivity index (χ0n) is 11.1. The number of hydrogen-bond donors (Lipinski definition) is 3. The molecule has 0 bridgehead atoms. The number of nitro benzene ring substituents is 1. The van der Waals surface area contributed by atoms with Gasteiger partial charge in [-0.25, -0.2) is 4.79 Å². The maximum atomic E-state index is 10.9. The first-order valence-corrected chi connectivity index (χ1v) is 6.07. The van der Waals surface area contributed by atoms with E-state index in [1.165, 1.54) is 42.6 Å². The number of phenolic OH excluding ortho intramolecular Hbond substituents is 1. The van der Waals surface area contributed by atoms with Gasteiger partial charge in [-0.05, 0) is 24.3 Å². The summed E-state index contributed by atoms with van der Waals surface area (Å²) in [5.41, 5.74) is 3.09. The van der Waals surface area contributed by atoms with Gasteiger partial charge < -0.3 is 10.2 Å². The van der Waals surface area contributed by atoms with Gasteiger partial charge in [-0.15, -0.1) is 0 Å². The summed E-state index contributed by atoms with van der Waals surface area (Å²) < 4.78 is 0. The van der Waals surface area contributed by atoms with E-state index in [9.17, 15) is 20.0 Å². The van der Waals surface area contributed by atoms with E-state index in [1.54, 1.807) is 6.07 Å². The lowest BCUT2D eigenvalue weighted by molar-refractivity contribution is -0.384. The van der Waals surface area contributed by atoms with Crippen LogP contribution in [0.15, 0.2) is 47.6 Å². The second-order valence-corrected chi connectivity index (χ2v) is 4.26. The Balaban J connectivity index is 2.16. The number of anilines is 1. The number of benzene rings is 2. The minimum absolute atomic E-state index is 0.00889. The maximum absolute atomic E-state index is 10.9. The lowest BCUT2D eigenvalue weighted by Crippen LogP contribution is -1.98. The van der Waals surface area contributed by atoms with Crippen LogP contribution in [0.3, 0.4) is 0 Å². The molecule has 0 aliphatic heterocycles. The summed E-state index contributed by atoms with van der Waals surface area (Å²) in [4.78, 5) is 21.0. The zero-order chi connectivity index (χ0) is 16.1. The minimum Gasteiger partial charge on any atom is -0.507 e. The number of carboxylic acids is 1. The summed E-state index contributed by atoms with van der Waals surface area (Å²) in [6, 6.07) is 9.50. The van der Waals surface area contributed by atoms with Gasteiger partial charge in [-0.1, -0.05) is 6.07 Å². The van der Waals surface area contributed by atoms with E-state index in [0.717, 1.165) is 0 Å². The number of nitro groups is 1. The fourth-order valence-electron chi connectivity index (χ4n) is 1.66. The van der Waals surface area contributed by atoms with Crippen LogP contribution >= 0.6 is 0 Å². The van der Waals surface area contributed by atoms with E-state index in [0.29, 0.717) is 5.69 Å². The van der Waals surface area contributed by atoms with Crippen LogP contribution in [0.25, 0.3) is 0 Å². The number of rotatable bonds is 5. The number of carbonyl (C=O) groups is 1. The van der Waals surface area contributed by atoms with Gasteiger partial charge in [0.05, 0.1) is 22.4 Å². The van der Waals surface area contributed by atoms with Crippen LogP contribution in [0, 0.1) is 10.1 Å². The molecule has 0 unspecified atom stereocenters. The molecule has 0 fully saturated rings. The highest BCUT2D eigenvalue weighted by atomic mass is 16.6. The molecule has 0 amide bonds. The molecule has 2 aromatic rings. The number of nitrogens with zero attached hydrogens (tertiary/aromatic N) is 2. The van der Waals surface area contributed by atoms with Crippen molar-refractivity contribution in [3.63, 3.8) is 0 Å². The Morgan fingerprint density at radius 2 is 2.05 bits per heavy atom. The number of phenols is 1. The highest BCUT2D eigenvalue weighted by Gasteiger charge is 2.07. The average molecular weight is 301 g/mol. The van der Waals surface area contributed by atoms with Gasteiger partial charge in [0.25, 0.3) is 5.69 Å². The monoisotopic (exact) mass is 301 g/mol. The Bertz CT molecular complexity index is 758. The zero-order valence-corrected chi connectivity index (χ0v) is 11.1. The van der Waals surface area contributed by atoms with Gasteiger partial charge in [0.15, 0.2) is 0 Å². The summed E-state index contributed by atoms with van der Waals surface area (Å²) in [5.74, 6) is -1.25. The first-order valence-electron chi connectivity index (χ1n) is 6.07. The average Bonchev–Trinajstić information content (AvgIpc) is 2.49. The van der Waals surface area contributed by atoms with Crippen molar-refractivity contribution in [2.24, 2.45) is 5.10 Å². The molecule has 112 valence electrons. The highest BCUT2D eigenvalue weighted by molar-refractivity contribution is 5.92. The van der Waals surface area contributed by atoms with Crippen molar-refractivity contribution < 1.29 is 19.9 Å². The Morgan fingerprint density at radius 1 is 1.27 bits per heavy atom. The third-order valence-electron chi connectivity index (χ3n) is 2.73. The fourth-order valence-corrected chi connectivity index (χ4v) is 1.66. The fraction of sp³-hybridized carbons (Fsp3) is 0. The molecule has 8 nitrogen and oxygen atoms in total.